The van der Waals surface area contributed by atoms with Gasteiger partial charge in [-0.1, -0.05) is 0 Å². The van der Waals surface area contributed by atoms with Crippen LogP contribution in [0.15, 0.2) is 0 Å². The van der Waals surface area contributed by atoms with E-state index in [2.05, 4.69) is 4.74 Å². The van der Waals surface area contributed by atoms with Gasteiger partial charge in [-0.2, -0.15) is 0 Å². The summed E-state index contributed by atoms with van der Waals surface area (Å²) in [5, 5.41) is 0. The maximum atomic E-state index is 7.12. The second-order valence-electron chi connectivity index (χ2n) is 0.987. The Hall–Kier alpha value is -0.0400. The van der Waals surface area contributed by atoms with E-state index in [4.69, 9.17) is 6.85 Å². The van der Waals surface area contributed by atoms with Gasteiger partial charge in [0.1, 0.15) is 0 Å². The Morgan fingerprint density at radius 1 is 2.00 bits per heavy atom. The van der Waals surface area contributed by atoms with Gasteiger partial charge in [-0.05, 0) is 13.8 Å². The molecule has 5 heavy (non-hydrogen) atoms. The van der Waals surface area contributed by atoms with Gasteiger partial charge in [0.25, 0.3) is 0 Å². The maximum Gasteiger partial charge on any atom is 0.0811 e. The zero-order chi connectivity index (χ0) is 8.21. The van der Waals surface area contributed by atoms with Crippen molar-refractivity contribution < 1.29 is 11.6 Å². The SMILES string of the molecule is [2H]C([2H])([2H])C1([2H])OC1([2H])C. The van der Waals surface area contributed by atoms with Gasteiger partial charge in [-0.3, -0.25) is 0 Å². The number of hydrogen-bond donors (Lipinski definition) is 0. The van der Waals surface area contributed by atoms with Crippen molar-refractivity contribution in [2.45, 2.75) is 25.9 Å². The van der Waals surface area contributed by atoms with Crippen LogP contribution in [0.25, 0.3) is 0 Å². The molecule has 1 heteroatoms. The van der Waals surface area contributed by atoms with Gasteiger partial charge >= 0.3 is 0 Å². The Labute approximate surface area is 39.0 Å². The molecule has 1 saturated heterocycles. The van der Waals surface area contributed by atoms with Crippen molar-refractivity contribution in [2.24, 2.45) is 0 Å². The van der Waals surface area contributed by atoms with Gasteiger partial charge in [0.05, 0.1) is 14.9 Å². The predicted molar refractivity (Wildman–Crippen MR) is 20.0 cm³/mol. The molecule has 1 heterocycles. The van der Waals surface area contributed by atoms with E-state index < -0.39 is 19.0 Å². The van der Waals surface area contributed by atoms with E-state index in [-0.39, 0.29) is 0 Å². The van der Waals surface area contributed by atoms with Gasteiger partial charge in [0.2, 0.25) is 0 Å². The lowest BCUT2D eigenvalue weighted by Gasteiger charge is -1.57. The fraction of sp³-hybridized carbons (Fsp3) is 1.00. The molecule has 0 N–H and O–H groups in total. The van der Waals surface area contributed by atoms with Crippen molar-refractivity contribution in [2.75, 3.05) is 0 Å². The Balaban J connectivity index is 2.78. The minimum atomic E-state index is -2.51. The lowest BCUT2D eigenvalue weighted by molar-refractivity contribution is 0.389. The molecule has 1 aliphatic rings. The number of rotatable bonds is 0. The molecule has 1 rings (SSSR count). The standard InChI is InChI=1S/C4H8O/c1-3-4(2)5-3/h3-4H,1-2H3/i1D3,3D,4D. The molecule has 0 saturated carbocycles. The molecular formula is C4H8O. The van der Waals surface area contributed by atoms with E-state index in [1.54, 1.807) is 0 Å². The van der Waals surface area contributed by atoms with Crippen LogP contribution in [0.1, 0.15) is 20.6 Å². The predicted octanol–water partition coefficient (Wildman–Crippen LogP) is 0.794. The molecule has 0 aliphatic carbocycles. The van der Waals surface area contributed by atoms with Crippen LogP contribution in [0, 0.1) is 0 Å². The van der Waals surface area contributed by atoms with Crippen LogP contribution >= 0.6 is 0 Å². The molecule has 0 spiro atoms. The van der Waals surface area contributed by atoms with E-state index in [0.717, 1.165) is 0 Å². The fourth-order valence-electron chi connectivity index (χ4n) is 0.128. The van der Waals surface area contributed by atoms with E-state index in [1.165, 1.54) is 6.92 Å². The number of hydrogen-bond acceptors (Lipinski definition) is 1. The summed E-state index contributed by atoms with van der Waals surface area (Å²) < 4.78 is 39.0. The fourth-order valence-corrected chi connectivity index (χ4v) is 0.128. The monoisotopic (exact) mass is 77.1 g/mol. The Morgan fingerprint density at radius 3 is 2.60 bits per heavy atom. The van der Waals surface area contributed by atoms with Crippen molar-refractivity contribution in [3.63, 3.8) is 0 Å². The van der Waals surface area contributed by atoms with Crippen LogP contribution in [-0.2, 0) is 4.74 Å². The second-order valence-corrected chi connectivity index (χ2v) is 0.987. The van der Waals surface area contributed by atoms with E-state index in [9.17, 15) is 0 Å². The third kappa shape index (κ3) is 0.428. The molecule has 0 bridgehead atoms. The van der Waals surface area contributed by atoms with Crippen molar-refractivity contribution >= 4 is 0 Å². The van der Waals surface area contributed by atoms with Crippen molar-refractivity contribution in [3.05, 3.63) is 0 Å². The molecule has 2 unspecified atom stereocenters. The molecule has 0 aromatic heterocycles. The first-order chi connectivity index (χ1) is 4.21. The van der Waals surface area contributed by atoms with Gasteiger partial charge < -0.3 is 4.74 Å². The van der Waals surface area contributed by atoms with Gasteiger partial charge in [-0.15, -0.1) is 0 Å². The topological polar surface area (TPSA) is 12.5 Å². The van der Waals surface area contributed by atoms with Crippen LogP contribution < -0.4 is 0 Å². The molecule has 30 valence electrons. The summed E-state index contributed by atoms with van der Waals surface area (Å²) in [6.07, 6.45) is -3.56. The minimum absolute atomic E-state index is 1.27. The van der Waals surface area contributed by atoms with Crippen LogP contribution in [0.4, 0.5) is 0 Å². The molecule has 1 fully saturated rings. The molecule has 0 aromatic carbocycles. The minimum Gasteiger partial charge on any atom is -0.370 e. The summed E-state index contributed by atoms with van der Waals surface area (Å²) in [5.74, 6) is 0. The Kier molecular flexibility index (Phi) is 0.112. The van der Waals surface area contributed by atoms with E-state index >= 15 is 0 Å². The number of ether oxygens (including phenoxy) is 1. The van der Waals surface area contributed by atoms with Gasteiger partial charge in [0.15, 0.2) is 0 Å². The molecule has 2 atom stereocenters. The molecule has 0 aromatic rings. The largest absolute Gasteiger partial charge is 0.370 e. The van der Waals surface area contributed by atoms with Crippen LogP contribution in [0.3, 0.4) is 0 Å². The first-order valence-corrected chi connectivity index (χ1v) is 1.41. The van der Waals surface area contributed by atoms with E-state index in [1.807, 2.05) is 0 Å². The first-order valence-electron chi connectivity index (χ1n) is 3.91. The smallest absolute Gasteiger partial charge is 0.0811 e. The highest BCUT2D eigenvalue weighted by Crippen LogP contribution is 2.18. The summed E-state index contributed by atoms with van der Waals surface area (Å²) in [6.45, 7) is -1.24. The number of epoxide rings is 1. The second kappa shape index (κ2) is 0.716. The highest BCUT2D eigenvalue weighted by Gasteiger charge is 2.27. The highest BCUT2D eigenvalue weighted by molar-refractivity contribution is 4.73. The third-order valence-electron chi connectivity index (χ3n) is 0.533. The van der Waals surface area contributed by atoms with Gasteiger partial charge in [-0.25, -0.2) is 0 Å². The Morgan fingerprint density at radius 2 is 2.60 bits per heavy atom. The summed E-state index contributed by atoms with van der Waals surface area (Å²) in [7, 11) is 0. The van der Waals surface area contributed by atoms with Crippen molar-refractivity contribution in [1.82, 2.24) is 0 Å². The molecule has 0 amide bonds. The summed E-state index contributed by atoms with van der Waals surface area (Å²) in [5.41, 5.74) is 0. The lowest BCUT2D eigenvalue weighted by Crippen LogP contribution is -1.74. The molecule has 1 nitrogen and oxygen atoms in total. The average molecular weight is 77.1 g/mol. The van der Waals surface area contributed by atoms with Crippen LogP contribution in [0.5, 0.6) is 0 Å². The maximum absolute atomic E-state index is 7.12. The zero-order valence-electron chi connectivity index (χ0n) is 7.91. The highest BCUT2D eigenvalue weighted by atomic mass is 16.6. The first kappa shape index (κ1) is 0.784. The third-order valence-corrected chi connectivity index (χ3v) is 0.533. The quantitative estimate of drug-likeness (QED) is 0.389. The Bertz CT molecular complexity index is 162. The van der Waals surface area contributed by atoms with E-state index in [0.29, 0.717) is 0 Å². The summed E-state index contributed by atoms with van der Waals surface area (Å²) in [6, 6.07) is 0. The normalized spacial score (nSPS) is 95.8. The zero-order valence-corrected chi connectivity index (χ0v) is 2.91. The molecular weight excluding hydrogens is 64.0 g/mol. The molecule has 1 aliphatic heterocycles. The summed E-state index contributed by atoms with van der Waals surface area (Å²) in [4.78, 5) is 0. The van der Waals surface area contributed by atoms with Crippen LogP contribution in [0.2, 0.25) is 0 Å². The lowest BCUT2D eigenvalue weighted by atomic mass is 10.4. The van der Waals surface area contributed by atoms with Gasteiger partial charge in [0, 0.05) is 4.11 Å². The average Bonchev–Trinajstić information content (AvgIpc) is 2.05. The van der Waals surface area contributed by atoms with Crippen molar-refractivity contribution in [1.29, 1.82) is 0 Å². The van der Waals surface area contributed by atoms with Crippen LogP contribution in [-0.4, -0.2) is 12.2 Å². The van der Waals surface area contributed by atoms with Crippen molar-refractivity contribution in [3.8, 4) is 0 Å². The summed E-state index contributed by atoms with van der Waals surface area (Å²) >= 11 is 0. The molecule has 0 radical (unpaired) electrons.